The van der Waals surface area contributed by atoms with Crippen LogP contribution in [-0.2, 0) is 6.42 Å². The van der Waals surface area contributed by atoms with Crippen LogP contribution in [0.5, 0.6) is 5.75 Å². The number of rotatable bonds is 5. The van der Waals surface area contributed by atoms with Crippen LogP contribution < -0.4 is 16.0 Å². The van der Waals surface area contributed by atoms with E-state index in [0.29, 0.717) is 0 Å². The molecule has 1 unspecified atom stereocenters. The molecule has 0 spiro atoms. The molecule has 5 heteroatoms. The largest absolute Gasteiger partial charge is 0.497 e. The van der Waals surface area contributed by atoms with Crippen molar-refractivity contribution >= 4 is 27.3 Å². The summed E-state index contributed by atoms with van der Waals surface area (Å²) in [4.78, 5) is 0. The lowest BCUT2D eigenvalue weighted by Crippen LogP contribution is -2.29. The van der Waals surface area contributed by atoms with Crippen LogP contribution in [0.15, 0.2) is 39.5 Å². The number of halogens is 1. The SMILES string of the molecule is COc1cccc(CC(NN)c2cscc2Br)c1. The highest BCUT2D eigenvalue weighted by atomic mass is 79.9. The Labute approximate surface area is 119 Å². The van der Waals surface area contributed by atoms with Crippen molar-refractivity contribution in [1.29, 1.82) is 0 Å². The van der Waals surface area contributed by atoms with Gasteiger partial charge in [0, 0.05) is 9.85 Å². The van der Waals surface area contributed by atoms with E-state index in [1.807, 2.05) is 18.2 Å². The van der Waals surface area contributed by atoms with Gasteiger partial charge in [0.25, 0.3) is 0 Å². The fraction of sp³-hybridized carbons (Fsp3) is 0.231. The number of hydrogen-bond acceptors (Lipinski definition) is 4. The predicted molar refractivity (Wildman–Crippen MR) is 78.8 cm³/mol. The molecule has 3 nitrogen and oxygen atoms in total. The van der Waals surface area contributed by atoms with E-state index in [0.717, 1.165) is 16.6 Å². The number of nitrogens with two attached hydrogens (primary N) is 1. The standard InChI is InChI=1S/C13H15BrN2OS/c1-17-10-4-2-3-9(5-10)6-13(16-15)11-7-18-8-12(11)14/h2-5,7-8,13,16H,6,15H2,1H3. The van der Waals surface area contributed by atoms with E-state index < -0.39 is 0 Å². The van der Waals surface area contributed by atoms with Crippen LogP contribution in [0.4, 0.5) is 0 Å². The summed E-state index contributed by atoms with van der Waals surface area (Å²) >= 11 is 5.20. The van der Waals surface area contributed by atoms with Crippen LogP contribution in [0.1, 0.15) is 17.2 Å². The third-order valence-electron chi connectivity index (χ3n) is 2.79. The molecule has 1 heterocycles. The van der Waals surface area contributed by atoms with E-state index in [2.05, 4.69) is 38.2 Å². The molecule has 0 saturated carbocycles. The quantitative estimate of drug-likeness (QED) is 0.654. The number of nitrogens with one attached hydrogen (secondary N) is 1. The second kappa shape index (κ2) is 6.33. The number of hydrogen-bond donors (Lipinski definition) is 2. The molecule has 0 aliphatic carbocycles. The number of hydrazine groups is 1. The minimum absolute atomic E-state index is 0.0951. The molecule has 0 aliphatic heterocycles. The summed E-state index contributed by atoms with van der Waals surface area (Å²) < 4.78 is 6.32. The van der Waals surface area contributed by atoms with Crippen LogP contribution in [0, 0.1) is 0 Å². The van der Waals surface area contributed by atoms with E-state index in [4.69, 9.17) is 10.6 Å². The van der Waals surface area contributed by atoms with Crippen molar-refractivity contribution in [3.8, 4) is 5.75 Å². The third-order valence-corrected chi connectivity index (χ3v) is 4.54. The maximum absolute atomic E-state index is 5.65. The Bertz CT molecular complexity index is 515. The van der Waals surface area contributed by atoms with Gasteiger partial charge in [-0.05, 0) is 51.0 Å². The fourth-order valence-electron chi connectivity index (χ4n) is 1.83. The Hall–Kier alpha value is -0.880. The number of methoxy groups -OCH3 is 1. The zero-order valence-electron chi connectivity index (χ0n) is 10.0. The molecule has 0 radical (unpaired) electrons. The molecule has 0 bridgehead atoms. The Balaban J connectivity index is 2.18. The Morgan fingerprint density at radius 1 is 1.44 bits per heavy atom. The van der Waals surface area contributed by atoms with Crippen molar-refractivity contribution < 1.29 is 4.74 Å². The zero-order valence-corrected chi connectivity index (χ0v) is 12.4. The van der Waals surface area contributed by atoms with Gasteiger partial charge in [-0.3, -0.25) is 11.3 Å². The Kier molecular flexibility index (Phi) is 4.77. The van der Waals surface area contributed by atoms with Crippen LogP contribution >= 0.6 is 27.3 Å². The average Bonchev–Trinajstić information content (AvgIpc) is 2.82. The lowest BCUT2D eigenvalue weighted by molar-refractivity contribution is 0.414. The minimum Gasteiger partial charge on any atom is -0.497 e. The Morgan fingerprint density at radius 3 is 2.89 bits per heavy atom. The van der Waals surface area contributed by atoms with E-state index in [1.54, 1.807) is 18.4 Å². The number of thiophene rings is 1. The topological polar surface area (TPSA) is 47.3 Å². The fourth-order valence-corrected chi connectivity index (χ4v) is 3.46. The zero-order chi connectivity index (χ0) is 13.0. The van der Waals surface area contributed by atoms with Crippen molar-refractivity contribution in [2.75, 3.05) is 7.11 Å². The highest BCUT2D eigenvalue weighted by molar-refractivity contribution is 9.10. The van der Waals surface area contributed by atoms with Gasteiger partial charge >= 0.3 is 0 Å². The van der Waals surface area contributed by atoms with Crippen molar-refractivity contribution in [2.24, 2.45) is 5.84 Å². The second-order valence-corrected chi connectivity index (χ2v) is 5.55. The molecular formula is C13H15BrN2OS. The van der Waals surface area contributed by atoms with Gasteiger partial charge in [-0.25, -0.2) is 0 Å². The predicted octanol–water partition coefficient (Wildman–Crippen LogP) is 3.27. The summed E-state index contributed by atoms with van der Waals surface area (Å²) in [6, 6.07) is 8.13. The molecule has 18 heavy (non-hydrogen) atoms. The van der Waals surface area contributed by atoms with Gasteiger partial charge in [-0.1, -0.05) is 12.1 Å². The summed E-state index contributed by atoms with van der Waals surface area (Å²) in [5.41, 5.74) is 5.24. The van der Waals surface area contributed by atoms with Crippen molar-refractivity contribution in [3.63, 3.8) is 0 Å². The summed E-state index contributed by atoms with van der Waals surface area (Å²) in [6.07, 6.45) is 0.822. The highest BCUT2D eigenvalue weighted by Crippen LogP contribution is 2.29. The van der Waals surface area contributed by atoms with Gasteiger partial charge in [-0.2, -0.15) is 11.3 Å². The molecule has 0 amide bonds. The molecule has 1 atom stereocenters. The van der Waals surface area contributed by atoms with Crippen molar-refractivity contribution in [3.05, 3.63) is 50.6 Å². The Morgan fingerprint density at radius 2 is 2.28 bits per heavy atom. The molecule has 0 saturated heterocycles. The van der Waals surface area contributed by atoms with Crippen molar-refractivity contribution in [2.45, 2.75) is 12.5 Å². The third kappa shape index (κ3) is 3.11. The molecular weight excluding hydrogens is 312 g/mol. The summed E-state index contributed by atoms with van der Waals surface area (Å²) in [5, 5.41) is 4.17. The summed E-state index contributed by atoms with van der Waals surface area (Å²) in [6.45, 7) is 0. The number of ether oxygens (including phenoxy) is 1. The maximum atomic E-state index is 5.65. The van der Waals surface area contributed by atoms with Crippen LogP contribution in [-0.4, -0.2) is 7.11 Å². The first kappa shape index (κ1) is 13.5. The molecule has 2 aromatic rings. The van der Waals surface area contributed by atoms with Crippen LogP contribution in [0.2, 0.25) is 0 Å². The monoisotopic (exact) mass is 326 g/mol. The van der Waals surface area contributed by atoms with E-state index >= 15 is 0 Å². The second-order valence-electron chi connectivity index (χ2n) is 3.95. The molecule has 1 aromatic heterocycles. The lowest BCUT2D eigenvalue weighted by atomic mass is 10.0. The first-order valence-electron chi connectivity index (χ1n) is 5.55. The van der Waals surface area contributed by atoms with Gasteiger partial charge in [0.1, 0.15) is 5.75 Å². The van der Waals surface area contributed by atoms with Gasteiger partial charge in [0.05, 0.1) is 13.2 Å². The first-order chi connectivity index (χ1) is 8.74. The molecule has 1 aromatic carbocycles. The van der Waals surface area contributed by atoms with E-state index in [-0.39, 0.29) is 6.04 Å². The molecule has 3 N–H and O–H groups in total. The van der Waals surface area contributed by atoms with Crippen molar-refractivity contribution in [1.82, 2.24) is 5.43 Å². The smallest absolute Gasteiger partial charge is 0.119 e. The summed E-state index contributed by atoms with van der Waals surface area (Å²) in [5.74, 6) is 6.52. The normalized spacial score (nSPS) is 12.4. The molecule has 0 fully saturated rings. The molecule has 96 valence electrons. The maximum Gasteiger partial charge on any atom is 0.119 e. The average molecular weight is 327 g/mol. The molecule has 0 aliphatic rings. The number of benzene rings is 1. The summed E-state index contributed by atoms with van der Waals surface area (Å²) in [7, 11) is 1.67. The van der Waals surface area contributed by atoms with E-state index in [9.17, 15) is 0 Å². The van der Waals surface area contributed by atoms with Gasteiger partial charge in [0.15, 0.2) is 0 Å². The van der Waals surface area contributed by atoms with Crippen LogP contribution in [0.3, 0.4) is 0 Å². The van der Waals surface area contributed by atoms with Gasteiger partial charge in [0.2, 0.25) is 0 Å². The van der Waals surface area contributed by atoms with Crippen LogP contribution in [0.25, 0.3) is 0 Å². The first-order valence-corrected chi connectivity index (χ1v) is 7.29. The van der Waals surface area contributed by atoms with E-state index in [1.165, 1.54) is 11.1 Å². The molecule has 2 rings (SSSR count). The van der Waals surface area contributed by atoms with Gasteiger partial charge in [-0.15, -0.1) is 0 Å². The van der Waals surface area contributed by atoms with Gasteiger partial charge < -0.3 is 4.74 Å². The highest BCUT2D eigenvalue weighted by Gasteiger charge is 2.14. The minimum atomic E-state index is 0.0951. The lowest BCUT2D eigenvalue weighted by Gasteiger charge is -2.16.